The number of ether oxygens (including phenoxy) is 1. The zero-order valence-corrected chi connectivity index (χ0v) is 9.78. The molecular formula is C14H19NO. The maximum Gasteiger partial charge on any atom is 0.0983 e. The summed E-state index contributed by atoms with van der Waals surface area (Å²) in [6, 6.07) is 9.23. The average molecular weight is 217 g/mol. The zero-order valence-electron chi connectivity index (χ0n) is 9.78. The fraction of sp³-hybridized carbons (Fsp3) is 0.571. The lowest BCUT2D eigenvalue weighted by Crippen LogP contribution is -2.38. The van der Waals surface area contributed by atoms with E-state index in [-0.39, 0.29) is 6.10 Å². The molecule has 0 spiro atoms. The topological polar surface area (TPSA) is 21.3 Å². The highest BCUT2D eigenvalue weighted by molar-refractivity contribution is 5.32. The monoisotopic (exact) mass is 217 g/mol. The molecule has 0 saturated heterocycles. The molecule has 2 aliphatic rings. The van der Waals surface area contributed by atoms with E-state index in [1.165, 1.54) is 24.0 Å². The highest BCUT2D eigenvalue weighted by atomic mass is 16.5. The molecule has 2 nitrogen and oxygen atoms in total. The predicted molar refractivity (Wildman–Crippen MR) is 64.4 cm³/mol. The Labute approximate surface area is 97.0 Å². The quantitative estimate of drug-likeness (QED) is 0.839. The van der Waals surface area contributed by atoms with Crippen LogP contribution in [0.25, 0.3) is 0 Å². The number of nitrogens with one attached hydrogen (secondary N) is 1. The molecule has 1 saturated carbocycles. The van der Waals surface area contributed by atoms with Crippen LogP contribution in [0, 0.1) is 5.92 Å². The van der Waals surface area contributed by atoms with E-state index in [1.807, 2.05) is 0 Å². The maximum atomic E-state index is 6.00. The van der Waals surface area contributed by atoms with Crippen LogP contribution in [-0.2, 0) is 11.2 Å². The van der Waals surface area contributed by atoms with E-state index in [1.54, 1.807) is 0 Å². The number of likely N-dealkylation sites (N-methyl/N-ethyl adjacent to an activating group) is 1. The standard InChI is InChI=1S/C14H19NO/c1-15-13(11-6-7-11)14-12-5-3-2-4-10(12)8-9-16-14/h2-5,11,13-15H,6-9H2,1H3. The zero-order chi connectivity index (χ0) is 11.0. The molecule has 2 unspecified atom stereocenters. The molecule has 16 heavy (non-hydrogen) atoms. The first-order chi connectivity index (χ1) is 7.90. The first kappa shape index (κ1) is 10.3. The molecule has 1 heterocycles. The Bertz CT molecular complexity index is 373. The van der Waals surface area contributed by atoms with Crippen LogP contribution in [0.2, 0.25) is 0 Å². The second kappa shape index (κ2) is 4.19. The molecule has 2 atom stereocenters. The highest BCUT2D eigenvalue weighted by Gasteiger charge is 2.38. The van der Waals surface area contributed by atoms with Crippen LogP contribution < -0.4 is 5.32 Å². The second-order valence-corrected chi connectivity index (χ2v) is 4.89. The lowest BCUT2D eigenvalue weighted by molar-refractivity contribution is 0.0117. The number of fused-ring (bicyclic) bond motifs is 1. The summed E-state index contributed by atoms with van der Waals surface area (Å²) >= 11 is 0. The lowest BCUT2D eigenvalue weighted by atomic mass is 9.91. The Balaban J connectivity index is 1.90. The van der Waals surface area contributed by atoms with Crippen molar-refractivity contribution in [2.75, 3.05) is 13.7 Å². The minimum Gasteiger partial charge on any atom is -0.372 e. The number of benzene rings is 1. The molecule has 1 fully saturated rings. The van der Waals surface area contributed by atoms with E-state index < -0.39 is 0 Å². The maximum absolute atomic E-state index is 6.00. The summed E-state index contributed by atoms with van der Waals surface area (Å²) in [5, 5.41) is 3.45. The first-order valence-corrected chi connectivity index (χ1v) is 6.27. The van der Waals surface area contributed by atoms with Gasteiger partial charge in [-0.15, -0.1) is 0 Å². The highest BCUT2D eigenvalue weighted by Crippen LogP contribution is 2.41. The Hall–Kier alpha value is -0.860. The molecular weight excluding hydrogens is 198 g/mol. The van der Waals surface area contributed by atoms with Gasteiger partial charge in [-0.05, 0) is 43.4 Å². The van der Waals surface area contributed by atoms with Gasteiger partial charge in [-0.2, -0.15) is 0 Å². The molecule has 0 aromatic heterocycles. The Kier molecular flexibility index (Phi) is 2.70. The first-order valence-electron chi connectivity index (χ1n) is 6.27. The minimum atomic E-state index is 0.266. The van der Waals surface area contributed by atoms with Crippen molar-refractivity contribution in [3.8, 4) is 0 Å². The summed E-state index contributed by atoms with van der Waals surface area (Å²) in [4.78, 5) is 0. The van der Waals surface area contributed by atoms with Crippen molar-refractivity contribution in [3.63, 3.8) is 0 Å². The summed E-state index contributed by atoms with van der Waals surface area (Å²) in [5.74, 6) is 0.821. The van der Waals surface area contributed by atoms with Gasteiger partial charge in [0.1, 0.15) is 0 Å². The molecule has 1 aromatic rings. The van der Waals surface area contributed by atoms with Crippen molar-refractivity contribution < 1.29 is 4.74 Å². The van der Waals surface area contributed by atoms with Crippen LogP contribution in [0.15, 0.2) is 24.3 Å². The van der Waals surface area contributed by atoms with Crippen molar-refractivity contribution >= 4 is 0 Å². The van der Waals surface area contributed by atoms with Crippen LogP contribution in [0.5, 0.6) is 0 Å². The molecule has 86 valence electrons. The van der Waals surface area contributed by atoms with Crippen molar-refractivity contribution in [1.29, 1.82) is 0 Å². The van der Waals surface area contributed by atoms with Crippen LogP contribution >= 0.6 is 0 Å². The number of hydrogen-bond donors (Lipinski definition) is 1. The third kappa shape index (κ3) is 1.76. The fourth-order valence-corrected chi connectivity index (χ4v) is 2.81. The molecule has 1 aliphatic heterocycles. The van der Waals surface area contributed by atoms with Gasteiger partial charge in [0, 0.05) is 6.04 Å². The largest absolute Gasteiger partial charge is 0.372 e. The van der Waals surface area contributed by atoms with Gasteiger partial charge in [-0.1, -0.05) is 24.3 Å². The predicted octanol–water partition coefficient (Wildman–Crippen LogP) is 2.30. The second-order valence-electron chi connectivity index (χ2n) is 4.89. The fourth-order valence-electron chi connectivity index (χ4n) is 2.81. The molecule has 1 aliphatic carbocycles. The van der Waals surface area contributed by atoms with Gasteiger partial charge in [-0.25, -0.2) is 0 Å². The Morgan fingerprint density at radius 2 is 2.12 bits per heavy atom. The van der Waals surface area contributed by atoms with E-state index in [0.29, 0.717) is 6.04 Å². The summed E-state index contributed by atoms with van der Waals surface area (Å²) in [7, 11) is 2.06. The summed E-state index contributed by atoms with van der Waals surface area (Å²) in [6.07, 6.45) is 4.04. The van der Waals surface area contributed by atoms with Gasteiger partial charge >= 0.3 is 0 Å². The summed E-state index contributed by atoms with van der Waals surface area (Å²) in [5.41, 5.74) is 2.87. The third-order valence-electron chi connectivity index (χ3n) is 3.82. The molecule has 2 heteroatoms. The van der Waals surface area contributed by atoms with Gasteiger partial charge < -0.3 is 10.1 Å². The van der Waals surface area contributed by atoms with Gasteiger partial charge in [0.05, 0.1) is 12.7 Å². The third-order valence-corrected chi connectivity index (χ3v) is 3.82. The SMILES string of the molecule is CNC(C1CC1)C1OCCc2ccccc21. The van der Waals surface area contributed by atoms with Crippen LogP contribution in [0.1, 0.15) is 30.1 Å². The molecule has 0 amide bonds. The lowest BCUT2D eigenvalue weighted by Gasteiger charge is -2.32. The van der Waals surface area contributed by atoms with E-state index in [2.05, 4.69) is 36.6 Å². The minimum absolute atomic E-state index is 0.266. The van der Waals surface area contributed by atoms with E-state index in [9.17, 15) is 0 Å². The van der Waals surface area contributed by atoms with Crippen molar-refractivity contribution in [2.45, 2.75) is 31.4 Å². The van der Waals surface area contributed by atoms with E-state index >= 15 is 0 Å². The molecule has 0 bridgehead atoms. The van der Waals surface area contributed by atoms with E-state index in [4.69, 9.17) is 4.74 Å². The Morgan fingerprint density at radius 3 is 2.88 bits per heavy atom. The van der Waals surface area contributed by atoms with Crippen LogP contribution in [0.3, 0.4) is 0 Å². The normalized spacial score (nSPS) is 26.2. The van der Waals surface area contributed by atoms with Gasteiger partial charge in [0.2, 0.25) is 0 Å². The van der Waals surface area contributed by atoms with Crippen molar-refractivity contribution in [3.05, 3.63) is 35.4 Å². The summed E-state index contributed by atoms with van der Waals surface area (Å²) < 4.78 is 6.00. The van der Waals surface area contributed by atoms with Gasteiger partial charge in [0.15, 0.2) is 0 Å². The average Bonchev–Trinajstić information content (AvgIpc) is 3.15. The van der Waals surface area contributed by atoms with Gasteiger partial charge in [-0.3, -0.25) is 0 Å². The smallest absolute Gasteiger partial charge is 0.0983 e. The summed E-state index contributed by atoms with van der Waals surface area (Å²) in [6.45, 7) is 0.868. The molecule has 1 aromatic carbocycles. The Morgan fingerprint density at radius 1 is 1.31 bits per heavy atom. The van der Waals surface area contributed by atoms with Crippen LogP contribution in [0.4, 0.5) is 0 Å². The van der Waals surface area contributed by atoms with Gasteiger partial charge in [0.25, 0.3) is 0 Å². The molecule has 3 rings (SSSR count). The van der Waals surface area contributed by atoms with Crippen LogP contribution in [-0.4, -0.2) is 19.7 Å². The number of hydrogen-bond acceptors (Lipinski definition) is 2. The molecule has 0 radical (unpaired) electrons. The number of rotatable bonds is 3. The van der Waals surface area contributed by atoms with Crippen molar-refractivity contribution in [1.82, 2.24) is 5.32 Å². The van der Waals surface area contributed by atoms with E-state index in [0.717, 1.165) is 18.9 Å². The van der Waals surface area contributed by atoms with Crippen molar-refractivity contribution in [2.24, 2.45) is 5.92 Å². The molecule has 1 N–H and O–H groups in total.